The van der Waals surface area contributed by atoms with Gasteiger partial charge in [-0.05, 0) is 42.6 Å². The van der Waals surface area contributed by atoms with E-state index in [1.807, 2.05) is 13.8 Å². The molecule has 5 heteroatoms. The highest BCUT2D eigenvalue weighted by atomic mass is 32.1. The Morgan fingerprint density at radius 2 is 2.16 bits per heavy atom. The van der Waals surface area contributed by atoms with Gasteiger partial charge in [-0.3, -0.25) is 4.79 Å². The van der Waals surface area contributed by atoms with Crippen molar-refractivity contribution >= 4 is 27.3 Å². The molecule has 3 nitrogen and oxygen atoms in total. The van der Waals surface area contributed by atoms with Crippen LogP contribution >= 0.6 is 11.3 Å². The zero-order valence-electron chi connectivity index (χ0n) is 11.0. The van der Waals surface area contributed by atoms with Crippen LogP contribution in [0.5, 0.6) is 0 Å². The number of halogens is 1. The Labute approximate surface area is 115 Å². The number of benzene rings is 1. The topological polar surface area (TPSA) is 41.1 Å². The number of nitrogens with one attached hydrogen (secondary N) is 2. The lowest BCUT2D eigenvalue weighted by atomic mass is 10.1. The Kier molecular flexibility index (Phi) is 4.50. The van der Waals surface area contributed by atoms with Gasteiger partial charge in [-0.2, -0.15) is 0 Å². The first kappa shape index (κ1) is 14.0. The van der Waals surface area contributed by atoms with E-state index in [1.165, 1.54) is 23.5 Å². The van der Waals surface area contributed by atoms with Crippen molar-refractivity contribution in [2.45, 2.75) is 13.8 Å². The van der Waals surface area contributed by atoms with Gasteiger partial charge in [0.1, 0.15) is 5.82 Å². The van der Waals surface area contributed by atoms with E-state index < -0.39 is 0 Å². The molecule has 2 rings (SSSR count). The molecule has 2 N–H and O–H groups in total. The molecule has 0 radical (unpaired) electrons. The average molecular weight is 280 g/mol. The minimum atomic E-state index is -0.271. The predicted octanol–water partition coefficient (Wildman–Crippen LogP) is 2.69. The van der Waals surface area contributed by atoms with Gasteiger partial charge in [0, 0.05) is 17.8 Å². The smallest absolute Gasteiger partial charge is 0.261 e. The van der Waals surface area contributed by atoms with Gasteiger partial charge < -0.3 is 10.6 Å². The lowest BCUT2D eigenvalue weighted by Crippen LogP contribution is -2.31. The monoisotopic (exact) mass is 280 g/mol. The molecule has 0 saturated heterocycles. The molecule has 0 aliphatic rings. The molecule has 1 heterocycles. The molecule has 1 aromatic heterocycles. The number of fused-ring (bicyclic) bond motifs is 1. The van der Waals surface area contributed by atoms with E-state index in [0.717, 1.165) is 28.7 Å². The number of carbonyl (C=O) groups is 1. The first-order chi connectivity index (χ1) is 9.13. The van der Waals surface area contributed by atoms with Gasteiger partial charge in [0.25, 0.3) is 5.91 Å². The van der Waals surface area contributed by atoms with Crippen LogP contribution in [0.4, 0.5) is 4.39 Å². The quantitative estimate of drug-likeness (QED) is 0.827. The lowest BCUT2D eigenvalue weighted by molar-refractivity contribution is 0.0957. The summed E-state index contributed by atoms with van der Waals surface area (Å²) >= 11 is 1.41. The Bertz CT molecular complexity index is 594. The Morgan fingerprint density at radius 1 is 1.37 bits per heavy atom. The van der Waals surface area contributed by atoms with Crippen LogP contribution in [0.25, 0.3) is 10.1 Å². The van der Waals surface area contributed by atoms with Gasteiger partial charge in [-0.25, -0.2) is 4.39 Å². The van der Waals surface area contributed by atoms with Gasteiger partial charge in [0.2, 0.25) is 0 Å². The fraction of sp³-hybridized carbons (Fsp3) is 0.357. The van der Waals surface area contributed by atoms with Crippen molar-refractivity contribution in [3.05, 3.63) is 34.5 Å². The summed E-state index contributed by atoms with van der Waals surface area (Å²) in [5.41, 5.74) is 0.848. The zero-order chi connectivity index (χ0) is 13.8. The molecule has 0 atom stereocenters. The van der Waals surface area contributed by atoms with Crippen LogP contribution in [0, 0.1) is 12.7 Å². The third kappa shape index (κ3) is 3.11. The van der Waals surface area contributed by atoms with E-state index in [-0.39, 0.29) is 11.7 Å². The van der Waals surface area contributed by atoms with Gasteiger partial charge in [0.15, 0.2) is 0 Å². The lowest BCUT2D eigenvalue weighted by Gasteiger charge is -2.04. The van der Waals surface area contributed by atoms with E-state index >= 15 is 0 Å². The second-order valence-electron chi connectivity index (χ2n) is 4.31. The second-order valence-corrected chi connectivity index (χ2v) is 5.36. The predicted molar refractivity (Wildman–Crippen MR) is 77.4 cm³/mol. The molecule has 0 aliphatic heterocycles. The maximum atomic E-state index is 13.2. The summed E-state index contributed by atoms with van der Waals surface area (Å²) in [6.07, 6.45) is 0. The standard InChI is InChI=1S/C14H17FN2OS/c1-3-16-6-7-17-14(18)13-9(2)11-8-10(15)4-5-12(11)19-13/h4-5,8,16H,3,6-7H2,1-2H3,(H,17,18). The maximum Gasteiger partial charge on any atom is 0.261 e. The van der Waals surface area contributed by atoms with Crippen LogP contribution in [-0.2, 0) is 0 Å². The summed E-state index contributed by atoms with van der Waals surface area (Å²) in [4.78, 5) is 12.7. The molecule has 0 aliphatic carbocycles. The molecule has 19 heavy (non-hydrogen) atoms. The van der Waals surface area contributed by atoms with E-state index in [4.69, 9.17) is 0 Å². The summed E-state index contributed by atoms with van der Waals surface area (Å²) in [6.45, 7) is 6.11. The fourth-order valence-corrected chi connectivity index (χ4v) is 3.04. The van der Waals surface area contributed by atoms with Crippen molar-refractivity contribution < 1.29 is 9.18 Å². The van der Waals surface area contributed by atoms with Crippen LogP contribution in [0.2, 0.25) is 0 Å². The second kappa shape index (κ2) is 6.12. The molecular weight excluding hydrogens is 263 g/mol. The van der Waals surface area contributed by atoms with Crippen LogP contribution in [-0.4, -0.2) is 25.5 Å². The van der Waals surface area contributed by atoms with E-state index in [0.29, 0.717) is 11.4 Å². The average Bonchev–Trinajstić information content (AvgIpc) is 2.72. The summed E-state index contributed by atoms with van der Waals surface area (Å²) in [7, 11) is 0. The van der Waals surface area contributed by atoms with Crippen molar-refractivity contribution in [2.24, 2.45) is 0 Å². The number of aryl methyl sites for hydroxylation is 1. The molecule has 0 saturated carbocycles. The van der Waals surface area contributed by atoms with Crippen LogP contribution < -0.4 is 10.6 Å². The van der Waals surface area contributed by atoms with E-state index in [2.05, 4.69) is 10.6 Å². The number of hydrogen-bond donors (Lipinski definition) is 2. The largest absolute Gasteiger partial charge is 0.350 e. The van der Waals surface area contributed by atoms with Gasteiger partial charge in [-0.1, -0.05) is 6.92 Å². The number of thiophene rings is 1. The normalized spacial score (nSPS) is 10.9. The van der Waals surface area contributed by atoms with Crippen molar-refractivity contribution in [2.75, 3.05) is 19.6 Å². The number of likely N-dealkylation sites (N-methyl/N-ethyl adjacent to an activating group) is 1. The number of rotatable bonds is 5. The van der Waals surface area contributed by atoms with Crippen LogP contribution in [0.15, 0.2) is 18.2 Å². The number of carbonyl (C=O) groups excluding carboxylic acids is 1. The van der Waals surface area contributed by atoms with E-state index in [1.54, 1.807) is 6.07 Å². The highest BCUT2D eigenvalue weighted by Gasteiger charge is 2.15. The Morgan fingerprint density at radius 3 is 2.89 bits per heavy atom. The Balaban J connectivity index is 2.16. The SMILES string of the molecule is CCNCCNC(=O)c1sc2ccc(F)cc2c1C. The fourth-order valence-electron chi connectivity index (χ4n) is 1.93. The van der Waals surface area contributed by atoms with E-state index in [9.17, 15) is 9.18 Å². The third-order valence-corrected chi connectivity index (χ3v) is 4.21. The summed E-state index contributed by atoms with van der Waals surface area (Å²) in [5.74, 6) is -0.357. The summed E-state index contributed by atoms with van der Waals surface area (Å²) in [5, 5.41) is 6.83. The molecule has 102 valence electrons. The van der Waals surface area contributed by atoms with Crippen molar-refractivity contribution in [1.29, 1.82) is 0 Å². The van der Waals surface area contributed by atoms with Crippen molar-refractivity contribution in [3.63, 3.8) is 0 Å². The molecule has 2 aromatic rings. The highest BCUT2D eigenvalue weighted by molar-refractivity contribution is 7.21. The summed E-state index contributed by atoms with van der Waals surface area (Å²) in [6, 6.07) is 4.62. The number of amides is 1. The van der Waals surface area contributed by atoms with Crippen molar-refractivity contribution in [3.8, 4) is 0 Å². The van der Waals surface area contributed by atoms with Gasteiger partial charge in [0.05, 0.1) is 4.88 Å². The van der Waals surface area contributed by atoms with Gasteiger partial charge in [-0.15, -0.1) is 11.3 Å². The van der Waals surface area contributed by atoms with Crippen molar-refractivity contribution in [1.82, 2.24) is 10.6 Å². The molecule has 0 bridgehead atoms. The zero-order valence-corrected chi connectivity index (χ0v) is 11.9. The number of hydrogen-bond acceptors (Lipinski definition) is 3. The molecule has 0 spiro atoms. The summed E-state index contributed by atoms with van der Waals surface area (Å²) < 4.78 is 14.2. The molecular formula is C14H17FN2OS. The third-order valence-electron chi connectivity index (χ3n) is 2.94. The van der Waals surface area contributed by atoms with Gasteiger partial charge >= 0.3 is 0 Å². The highest BCUT2D eigenvalue weighted by Crippen LogP contribution is 2.31. The minimum absolute atomic E-state index is 0.0861. The molecule has 1 aromatic carbocycles. The first-order valence-corrected chi connectivity index (χ1v) is 7.12. The van der Waals surface area contributed by atoms with Crippen LogP contribution in [0.1, 0.15) is 22.2 Å². The Hall–Kier alpha value is -1.46. The van der Waals surface area contributed by atoms with Crippen LogP contribution in [0.3, 0.4) is 0 Å². The first-order valence-electron chi connectivity index (χ1n) is 6.31. The maximum absolute atomic E-state index is 13.2. The molecule has 0 unspecified atom stereocenters. The molecule has 0 fully saturated rings. The molecule has 1 amide bonds. The minimum Gasteiger partial charge on any atom is -0.350 e.